The van der Waals surface area contributed by atoms with Gasteiger partial charge in [0.1, 0.15) is 0 Å². The summed E-state index contributed by atoms with van der Waals surface area (Å²) < 4.78 is 2.46. The lowest BCUT2D eigenvalue weighted by Gasteiger charge is -2.15. The van der Waals surface area contributed by atoms with Crippen LogP contribution in [0.15, 0.2) is 218 Å². The van der Waals surface area contributed by atoms with E-state index in [0.717, 1.165) is 55.4 Å². The van der Waals surface area contributed by atoms with Crippen molar-refractivity contribution in [2.24, 2.45) is 0 Å². The van der Waals surface area contributed by atoms with Crippen LogP contribution in [0.5, 0.6) is 0 Å². The highest BCUT2D eigenvalue weighted by molar-refractivity contribution is 6.39. The van der Waals surface area contributed by atoms with Crippen LogP contribution in [0, 0.1) is 0 Å². The fourth-order valence-corrected chi connectivity index (χ4v) is 9.90. The van der Waals surface area contributed by atoms with Crippen molar-refractivity contribution >= 4 is 64.9 Å². The zero-order chi connectivity index (χ0) is 41.4. The van der Waals surface area contributed by atoms with E-state index in [1.54, 1.807) is 0 Å². The van der Waals surface area contributed by atoms with Crippen LogP contribution < -0.4 is 0 Å². The molecule has 63 heavy (non-hydrogen) atoms. The molecule has 0 aliphatic rings. The fraction of sp³-hybridized carbons (Fsp3) is 0. The Hall–Kier alpha value is -8.47. The molecule has 0 bridgehead atoms. The van der Waals surface area contributed by atoms with Crippen molar-refractivity contribution in [3.63, 3.8) is 0 Å². The standard InChI is InChI=1S/C59H36N4/c1-3-16-37(17-4-1)39-22-13-24-43(32-39)57-60-58(44-25-14-23-40(33-44)38-18-5-2-6-19-38)62-59(61-57)51-36-45(34-41-20-7-9-26-46(41)51)63-52-31-15-30-50-48-28-11-12-29-49(48)54-47-27-10-8-21-42(47)35-53(63)56(54)55(50)52/h1-36H. The lowest BCUT2D eigenvalue weighted by molar-refractivity contribution is 1.07. The predicted octanol–water partition coefficient (Wildman–Crippen LogP) is 15.4. The smallest absolute Gasteiger partial charge is 0.164 e. The van der Waals surface area contributed by atoms with Crippen LogP contribution in [0.1, 0.15) is 0 Å². The molecular formula is C59H36N4. The summed E-state index contributed by atoms with van der Waals surface area (Å²) in [6.45, 7) is 0. The first kappa shape index (κ1) is 35.3. The maximum atomic E-state index is 5.39. The van der Waals surface area contributed by atoms with Crippen LogP contribution in [0.2, 0.25) is 0 Å². The SMILES string of the molecule is c1ccc(-c2cccc(-c3nc(-c4cccc(-c5ccccc5)c4)nc(-c4cc(-n5c6cccc7c8ccccc8c8c9ccccc9cc5c8c76)cc5ccccc45)n3)c2)cc1. The topological polar surface area (TPSA) is 43.6 Å². The third-order valence-corrected chi connectivity index (χ3v) is 12.7. The van der Waals surface area contributed by atoms with Crippen molar-refractivity contribution in [2.45, 2.75) is 0 Å². The molecular weight excluding hydrogens is 765 g/mol. The van der Waals surface area contributed by atoms with Crippen molar-refractivity contribution in [1.29, 1.82) is 0 Å². The van der Waals surface area contributed by atoms with Gasteiger partial charge in [0.05, 0.1) is 11.0 Å². The minimum Gasteiger partial charge on any atom is -0.309 e. The maximum absolute atomic E-state index is 5.39. The van der Waals surface area contributed by atoms with Gasteiger partial charge in [0.15, 0.2) is 17.5 Å². The molecule has 0 radical (unpaired) electrons. The predicted molar refractivity (Wildman–Crippen MR) is 263 cm³/mol. The molecule has 4 nitrogen and oxygen atoms in total. The van der Waals surface area contributed by atoms with E-state index >= 15 is 0 Å². The Bertz CT molecular complexity index is 3800. The molecule has 0 unspecified atom stereocenters. The molecule has 2 aromatic heterocycles. The molecule has 0 fully saturated rings. The zero-order valence-electron chi connectivity index (χ0n) is 34.1. The summed E-state index contributed by atoms with van der Waals surface area (Å²) in [4.78, 5) is 16.0. The lowest BCUT2D eigenvalue weighted by atomic mass is 9.91. The Morgan fingerprint density at radius 2 is 0.746 bits per heavy atom. The average Bonchev–Trinajstić information content (AvgIpc) is 3.70. The van der Waals surface area contributed by atoms with Gasteiger partial charge in [-0.15, -0.1) is 0 Å². The van der Waals surface area contributed by atoms with Gasteiger partial charge < -0.3 is 4.57 Å². The molecule has 0 N–H and O–H groups in total. The molecule has 0 atom stereocenters. The summed E-state index contributed by atoms with van der Waals surface area (Å²) in [5.74, 6) is 1.86. The van der Waals surface area contributed by atoms with E-state index in [-0.39, 0.29) is 0 Å². The van der Waals surface area contributed by atoms with Gasteiger partial charge in [-0.2, -0.15) is 0 Å². The molecule has 0 saturated heterocycles. The summed E-state index contributed by atoms with van der Waals surface area (Å²) in [6.07, 6.45) is 0. The van der Waals surface area contributed by atoms with Gasteiger partial charge in [-0.3, -0.25) is 0 Å². The van der Waals surface area contributed by atoms with E-state index in [4.69, 9.17) is 15.0 Å². The van der Waals surface area contributed by atoms with Crippen LogP contribution in [-0.4, -0.2) is 19.5 Å². The second kappa shape index (κ2) is 14.1. The van der Waals surface area contributed by atoms with Gasteiger partial charge in [0.25, 0.3) is 0 Å². The van der Waals surface area contributed by atoms with Gasteiger partial charge in [-0.1, -0.05) is 182 Å². The van der Waals surface area contributed by atoms with E-state index in [1.165, 1.54) is 54.1 Å². The largest absolute Gasteiger partial charge is 0.309 e. The molecule has 0 aliphatic heterocycles. The first-order valence-corrected chi connectivity index (χ1v) is 21.4. The third kappa shape index (κ3) is 5.66. The van der Waals surface area contributed by atoms with Crippen LogP contribution in [0.4, 0.5) is 0 Å². The summed E-state index contributed by atoms with van der Waals surface area (Å²) in [6, 6.07) is 78.0. The highest BCUT2D eigenvalue weighted by atomic mass is 15.0. The molecule has 292 valence electrons. The number of rotatable bonds is 6. The molecule has 13 rings (SSSR count). The van der Waals surface area contributed by atoms with E-state index in [2.05, 4.69) is 211 Å². The lowest BCUT2D eigenvalue weighted by Crippen LogP contribution is -2.02. The Balaban J connectivity index is 1.09. The monoisotopic (exact) mass is 800 g/mol. The highest BCUT2D eigenvalue weighted by Gasteiger charge is 2.23. The van der Waals surface area contributed by atoms with Crippen molar-refractivity contribution in [1.82, 2.24) is 19.5 Å². The van der Waals surface area contributed by atoms with Crippen LogP contribution in [0.25, 0.3) is 127 Å². The van der Waals surface area contributed by atoms with E-state index in [1.807, 2.05) is 12.1 Å². The Morgan fingerprint density at radius 3 is 1.41 bits per heavy atom. The van der Waals surface area contributed by atoms with Crippen LogP contribution >= 0.6 is 0 Å². The van der Waals surface area contributed by atoms with Gasteiger partial charge in [0.2, 0.25) is 0 Å². The van der Waals surface area contributed by atoms with E-state index in [0.29, 0.717) is 17.5 Å². The van der Waals surface area contributed by atoms with Gasteiger partial charge in [0, 0.05) is 38.5 Å². The summed E-state index contributed by atoms with van der Waals surface area (Å²) >= 11 is 0. The Morgan fingerprint density at radius 1 is 0.270 bits per heavy atom. The van der Waals surface area contributed by atoms with E-state index < -0.39 is 0 Å². The molecule has 13 aromatic rings. The average molecular weight is 801 g/mol. The van der Waals surface area contributed by atoms with Gasteiger partial charge >= 0.3 is 0 Å². The number of aromatic nitrogens is 4. The number of fused-ring (bicyclic) bond motifs is 6. The fourth-order valence-electron chi connectivity index (χ4n) is 9.90. The first-order chi connectivity index (χ1) is 31.2. The molecule has 2 heterocycles. The summed E-state index contributed by atoms with van der Waals surface area (Å²) in [7, 11) is 0. The van der Waals surface area contributed by atoms with Crippen LogP contribution in [-0.2, 0) is 0 Å². The first-order valence-electron chi connectivity index (χ1n) is 21.4. The highest BCUT2D eigenvalue weighted by Crippen LogP contribution is 2.47. The van der Waals surface area contributed by atoms with Crippen molar-refractivity contribution in [2.75, 3.05) is 0 Å². The number of hydrogen-bond donors (Lipinski definition) is 0. The summed E-state index contributed by atoms with van der Waals surface area (Å²) in [5, 5.41) is 12.3. The van der Waals surface area contributed by atoms with Crippen LogP contribution in [0.3, 0.4) is 0 Å². The van der Waals surface area contributed by atoms with E-state index in [9.17, 15) is 0 Å². The van der Waals surface area contributed by atoms with Crippen molar-refractivity contribution < 1.29 is 0 Å². The second-order valence-electron chi connectivity index (χ2n) is 16.4. The zero-order valence-corrected chi connectivity index (χ0v) is 34.1. The second-order valence-corrected chi connectivity index (χ2v) is 16.4. The quantitative estimate of drug-likeness (QED) is 0.157. The minimum atomic E-state index is 0.618. The Labute approximate surface area is 363 Å². The van der Waals surface area contributed by atoms with Crippen molar-refractivity contribution in [3.05, 3.63) is 218 Å². The number of hydrogen-bond acceptors (Lipinski definition) is 3. The molecule has 4 heteroatoms. The van der Waals surface area contributed by atoms with Gasteiger partial charge in [-0.25, -0.2) is 15.0 Å². The molecule has 0 spiro atoms. The maximum Gasteiger partial charge on any atom is 0.164 e. The molecule has 0 amide bonds. The normalized spacial score (nSPS) is 11.8. The molecule has 0 saturated carbocycles. The molecule has 0 aliphatic carbocycles. The summed E-state index contributed by atoms with van der Waals surface area (Å²) in [5.41, 5.74) is 10.7. The number of nitrogens with zero attached hydrogens (tertiary/aromatic N) is 4. The molecule has 11 aromatic carbocycles. The Kier molecular flexibility index (Phi) is 7.87. The van der Waals surface area contributed by atoms with Crippen molar-refractivity contribution in [3.8, 4) is 62.1 Å². The van der Waals surface area contributed by atoms with Gasteiger partial charge in [-0.05, 0) is 96.4 Å². The number of benzene rings is 11. The minimum absolute atomic E-state index is 0.618. The third-order valence-electron chi connectivity index (χ3n) is 12.7.